The fourth-order valence-corrected chi connectivity index (χ4v) is 0.570. The summed E-state index contributed by atoms with van der Waals surface area (Å²) in [6, 6.07) is 0. The summed E-state index contributed by atoms with van der Waals surface area (Å²) in [6.07, 6.45) is 0. The van der Waals surface area contributed by atoms with E-state index in [9.17, 15) is 5.11 Å². The minimum absolute atomic E-state index is 0.326. The minimum atomic E-state index is -0.604. The van der Waals surface area contributed by atoms with Crippen molar-refractivity contribution < 1.29 is 9.84 Å². The van der Waals surface area contributed by atoms with Crippen LogP contribution in [0.3, 0.4) is 0 Å². The van der Waals surface area contributed by atoms with Gasteiger partial charge in [-0.2, -0.15) is 0 Å². The lowest BCUT2D eigenvalue weighted by Gasteiger charge is -2.49. The molecular formula is C6H12O2. The van der Waals surface area contributed by atoms with Gasteiger partial charge in [-0.05, 0) is 20.8 Å². The second kappa shape index (κ2) is 1.25. The Morgan fingerprint density at radius 1 is 1.38 bits per heavy atom. The zero-order valence-electron chi connectivity index (χ0n) is 5.56. The fourth-order valence-electron chi connectivity index (χ4n) is 0.570. The van der Waals surface area contributed by atoms with E-state index in [0.717, 1.165) is 0 Å². The summed E-state index contributed by atoms with van der Waals surface area (Å²) >= 11 is 0. The predicted molar refractivity (Wildman–Crippen MR) is 30.7 cm³/mol. The van der Waals surface area contributed by atoms with Gasteiger partial charge in [-0.25, -0.2) is 0 Å². The van der Waals surface area contributed by atoms with Crippen LogP contribution >= 0.6 is 0 Å². The van der Waals surface area contributed by atoms with Gasteiger partial charge >= 0.3 is 0 Å². The Balaban J connectivity index is 2.63. The lowest BCUT2D eigenvalue weighted by Crippen LogP contribution is -2.63. The summed E-state index contributed by atoms with van der Waals surface area (Å²) in [6.45, 7) is 6.03. The largest absolute Gasteiger partial charge is 0.385 e. The van der Waals surface area contributed by atoms with Crippen molar-refractivity contribution in [2.24, 2.45) is 0 Å². The first-order valence-corrected chi connectivity index (χ1v) is 2.82. The smallest absolute Gasteiger partial charge is 0.113 e. The van der Waals surface area contributed by atoms with E-state index in [1.807, 2.05) is 13.8 Å². The molecule has 0 amide bonds. The Kier molecular flexibility index (Phi) is 0.946. The zero-order chi connectivity index (χ0) is 6.41. The third-order valence-corrected chi connectivity index (χ3v) is 2.01. The number of hydrogen-bond donors (Lipinski definition) is 1. The van der Waals surface area contributed by atoms with Crippen LogP contribution in [-0.4, -0.2) is 22.9 Å². The van der Waals surface area contributed by atoms with Gasteiger partial charge in [0.1, 0.15) is 5.60 Å². The van der Waals surface area contributed by atoms with Crippen LogP contribution in [0.15, 0.2) is 0 Å². The molecule has 8 heavy (non-hydrogen) atoms. The van der Waals surface area contributed by atoms with Crippen LogP contribution in [0.5, 0.6) is 0 Å². The van der Waals surface area contributed by atoms with Gasteiger partial charge in [-0.15, -0.1) is 0 Å². The molecule has 0 aromatic heterocycles. The van der Waals surface area contributed by atoms with Gasteiger partial charge in [-0.1, -0.05) is 0 Å². The molecule has 1 heterocycles. The summed E-state index contributed by atoms with van der Waals surface area (Å²) in [5, 5.41) is 9.32. The van der Waals surface area contributed by atoms with Gasteiger partial charge in [0.05, 0.1) is 12.2 Å². The molecule has 1 saturated heterocycles. The Morgan fingerprint density at radius 3 is 1.75 bits per heavy atom. The second-order valence-corrected chi connectivity index (χ2v) is 3.07. The van der Waals surface area contributed by atoms with Crippen LogP contribution < -0.4 is 0 Å². The number of rotatable bonds is 0. The van der Waals surface area contributed by atoms with Crippen molar-refractivity contribution in [1.29, 1.82) is 0 Å². The molecule has 1 aliphatic heterocycles. The Hall–Kier alpha value is -0.0800. The Morgan fingerprint density at radius 2 is 1.75 bits per heavy atom. The molecule has 1 fully saturated rings. The molecule has 1 rings (SSSR count). The quantitative estimate of drug-likeness (QED) is 0.500. The number of aliphatic hydroxyl groups is 1. The Labute approximate surface area is 49.5 Å². The van der Waals surface area contributed by atoms with Gasteiger partial charge in [-0.3, -0.25) is 0 Å². The standard InChI is InChI=1S/C6H12O2/c1-5(2)6(3,7)4-8-5/h7H,4H2,1-3H3. The highest BCUT2D eigenvalue weighted by molar-refractivity contribution is 4.99. The summed E-state index contributed by atoms with van der Waals surface area (Å²) < 4.78 is 5.08. The molecule has 2 heteroatoms. The van der Waals surface area contributed by atoms with Crippen molar-refractivity contribution >= 4 is 0 Å². The average Bonchev–Trinajstić information content (AvgIpc) is 1.64. The number of hydrogen-bond acceptors (Lipinski definition) is 2. The molecule has 1 N–H and O–H groups in total. The summed E-state index contributed by atoms with van der Waals surface area (Å²) in [5.41, 5.74) is -0.931. The SMILES string of the molecule is CC1(O)COC1(C)C. The molecule has 0 radical (unpaired) electrons. The van der Waals surface area contributed by atoms with E-state index in [0.29, 0.717) is 6.61 Å². The molecule has 0 spiro atoms. The molecular weight excluding hydrogens is 104 g/mol. The maximum Gasteiger partial charge on any atom is 0.113 e. The van der Waals surface area contributed by atoms with Crippen LogP contribution in [0.25, 0.3) is 0 Å². The van der Waals surface area contributed by atoms with Crippen molar-refractivity contribution in [3.63, 3.8) is 0 Å². The summed E-state index contributed by atoms with van der Waals surface area (Å²) in [5.74, 6) is 0. The van der Waals surface area contributed by atoms with E-state index in [4.69, 9.17) is 4.74 Å². The maximum atomic E-state index is 9.32. The molecule has 0 bridgehead atoms. The van der Waals surface area contributed by atoms with Gasteiger partial charge in [0, 0.05) is 0 Å². The van der Waals surface area contributed by atoms with Crippen LogP contribution in [0, 0.1) is 0 Å². The molecule has 0 saturated carbocycles. The topological polar surface area (TPSA) is 29.5 Å². The van der Waals surface area contributed by atoms with Crippen molar-refractivity contribution in [2.75, 3.05) is 6.61 Å². The van der Waals surface area contributed by atoms with Crippen molar-refractivity contribution in [2.45, 2.75) is 32.0 Å². The fraction of sp³-hybridized carbons (Fsp3) is 1.00. The Bertz CT molecular complexity index is 91.1. The minimum Gasteiger partial charge on any atom is -0.385 e. The molecule has 48 valence electrons. The first-order chi connectivity index (χ1) is 3.46. The maximum absolute atomic E-state index is 9.32. The summed E-state index contributed by atoms with van der Waals surface area (Å²) in [4.78, 5) is 0. The van der Waals surface area contributed by atoms with Crippen molar-refractivity contribution in [1.82, 2.24) is 0 Å². The molecule has 1 unspecified atom stereocenters. The van der Waals surface area contributed by atoms with Crippen molar-refractivity contribution in [3.05, 3.63) is 0 Å². The predicted octanol–water partition coefficient (Wildman–Crippen LogP) is 0.546. The lowest BCUT2D eigenvalue weighted by atomic mass is 9.83. The van der Waals surface area contributed by atoms with Crippen molar-refractivity contribution in [3.8, 4) is 0 Å². The van der Waals surface area contributed by atoms with E-state index < -0.39 is 5.60 Å². The average molecular weight is 116 g/mol. The normalized spacial score (nSPS) is 43.5. The first kappa shape index (κ1) is 6.05. The van der Waals surface area contributed by atoms with Crippen LogP contribution in [0.4, 0.5) is 0 Å². The van der Waals surface area contributed by atoms with E-state index in [2.05, 4.69) is 0 Å². The summed E-state index contributed by atoms with van der Waals surface area (Å²) in [7, 11) is 0. The van der Waals surface area contributed by atoms with Crippen LogP contribution in [0.2, 0.25) is 0 Å². The van der Waals surface area contributed by atoms with Crippen LogP contribution in [0.1, 0.15) is 20.8 Å². The van der Waals surface area contributed by atoms with Gasteiger partial charge in [0.2, 0.25) is 0 Å². The van der Waals surface area contributed by atoms with Gasteiger partial charge < -0.3 is 9.84 Å². The molecule has 0 aliphatic carbocycles. The highest BCUT2D eigenvalue weighted by atomic mass is 16.6. The van der Waals surface area contributed by atoms with E-state index >= 15 is 0 Å². The van der Waals surface area contributed by atoms with Crippen LogP contribution in [-0.2, 0) is 4.74 Å². The van der Waals surface area contributed by atoms with E-state index in [1.54, 1.807) is 6.92 Å². The first-order valence-electron chi connectivity index (χ1n) is 2.82. The van der Waals surface area contributed by atoms with E-state index in [1.165, 1.54) is 0 Å². The molecule has 1 atom stereocenters. The van der Waals surface area contributed by atoms with Gasteiger partial charge in [0.25, 0.3) is 0 Å². The lowest BCUT2D eigenvalue weighted by molar-refractivity contribution is -0.279. The second-order valence-electron chi connectivity index (χ2n) is 3.07. The molecule has 0 aromatic rings. The molecule has 2 nitrogen and oxygen atoms in total. The monoisotopic (exact) mass is 116 g/mol. The van der Waals surface area contributed by atoms with Gasteiger partial charge in [0.15, 0.2) is 0 Å². The highest BCUT2D eigenvalue weighted by Crippen LogP contribution is 2.35. The zero-order valence-corrected chi connectivity index (χ0v) is 5.56. The van der Waals surface area contributed by atoms with E-state index in [-0.39, 0.29) is 5.60 Å². The number of ether oxygens (including phenoxy) is 1. The highest BCUT2D eigenvalue weighted by Gasteiger charge is 2.49. The molecule has 1 aliphatic rings. The third kappa shape index (κ3) is 0.565. The third-order valence-electron chi connectivity index (χ3n) is 2.01. The molecule has 0 aromatic carbocycles.